The minimum Gasteiger partial charge on any atom is -0.349 e. The lowest BCUT2D eigenvalue weighted by molar-refractivity contribution is -0.116. The van der Waals surface area contributed by atoms with E-state index in [0.29, 0.717) is 0 Å². The van der Waals surface area contributed by atoms with Gasteiger partial charge in [-0.05, 0) is 87.4 Å². The van der Waals surface area contributed by atoms with Crippen molar-refractivity contribution in [3.8, 4) is 0 Å². The summed E-state index contributed by atoms with van der Waals surface area (Å²) in [7, 11) is 0. The van der Waals surface area contributed by atoms with Crippen LogP contribution in [0.25, 0.3) is 5.57 Å². The summed E-state index contributed by atoms with van der Waals surface area (Å²) in [5.41, 5.74) is 3.54. The van der Waals surface area contributed by atoms with Gasteiger partial charge in [0.05, 0.1) is 0 Å². The van der Waals surface area contributed by atoms with Gasteiger partial charge >= 0.3 is 0 Å². The summed E-state index contributed by atoms with van der Waals surface area (Å²) in [5.74, 6) is 2.11. The molecule has 1 unspecified atom stereocenters. The highest BCUT2D eigenvalue weighted by Gasteiger charge is 2.45. The summed E-state index contributed by atoms with van der Waals surface area (Å²) in [6, 6.07) is 9.77. The van der Waals surface area contributed by atoms with E-state index in [1.165, 1.54) is 56.3 Å². The molecule has 1 spiro atoms. The monoisotopic (exact) mass is 408 g/mol. The smallest absolute Gasteiger partial charge is 0.251 e. The van der Waals surface area contributed by atoms with Crippen LogP contribution in [0.4, 0.5) is 0 Å². The first-order valence-electron chi connectivity index (χ1n) is 12.5. The number of piperidine rings is 1. The number of hydrogen-bond donors (Lipinski definition) is 1. The molecule has 1 aliphatic heterocycles. The maximum absolute atomic E-state index is 13.2. The molecule has 164 valence electrons. The van der Waals surface area contributed by atoms with Crippen molar-refractivity contribution in [2.45, 2.75) is 89.1 Å². The Morgan fingerprint density at radius 3 is 2.63 bits per heavy atom. The normalized spacial score (nSPS) is 29.8. The molecule has 1 aromatic rings. The molecule has 3 nitrogen and oxygen atoms in total. The van der Waals surface area contributed by atoms with Crippen LogP contribution in [-0.4, -0.2) is 36.0 Å². The molecule has 3 atom stereocenters. The van der Waals surface area contributed by atoms with Crippen LogP contribution in [0.3, 0.4) is 0 Å². The fraction of sp³-hybridized carbons (Fsp3) is 0.667. The van der Waals surface area contributed by atoms with Gasteiger partial charge in [-0.1, -0.05) is 50.6 Å². The Bertz CT molecular complexity index is 822. The van der Waals surface area contributed by atoms with Gasteiger partial charge in [-0.15, -0.1) is 0 Å². The summed E-state index contributed by atoms with van der Waals surface area (Å²) in [4.78, 5) is 16.0. The summed E-state index contributed by atoms with van der Waals surface area (Å²) < 4.78 is 0. The first kappa shape index (κ1) is 20.3. The quantitative estimate of drug-likeness (QED) is 0.693. The Morgan fingerprint density at radius 2 is 1.87 bits per heavy atom. The summed E-state index contributed by atoms with van der Waals surface area (Å²) in [5, 5.41) is 3.28. The standard InChI is InChI=1S/C27H38N2O.H2/c1-3-21(4-2)28-26(30)23-18-27(24-8-6-5-7-22(23)24)13-15-29(16-14-27)25-12-10-19-9-11-20(25)17-19;/h5-8,18-21,25H,3-4,9-17H2,1-2H3,(H,28,30);1H/t19-,20+,25?;/m0./s1. The Labute approximate surface area is 183 Å². The third-order valence-electron chi connectivity index (χ3n) is 8.90. The number of rotatable bonds is 5. The summed E-state index contributed by atoms with van der Waals surface area (Å²) in [6.45, 7) is 6.66. The number of likely N-dealkylation sites (tertiary alicyclic amines) is 1. The maximum Gasteiger partial charge on any atom is 0.251 e. The molecule has 1 N–H and O–H groups in total. The second kappa shape index (κ2) is 8.15. The molecule has 5 rings (SSSR count). The highest BCUT2D eigenvalue weighted by atomic mass is 16.1. The molecule has 3 heteroatoms. The largest absolute Gasteiger partial charge is 0.349 e. The Morgan fingerprint density at radius 1 is 1.13 bits per heavy atom. The van der Waals surface area contributed by atoms with Crippen molar-refractivity contribution in [2.75, 3.05) is 13.1 Å². The zero-order chi connectivity index (χ0) is 20.7. The molecule has 4 aliphatic rings. The van der Waals surface area contributed by atoms with Crippen LogP contribution in [0, 0.1) is 11.8 Å². The van der Waals surface area contributed by atoms with Crippen molar-refractivity contribution in [1.29, 1.82) is 0 Å². The average Bonchev–Trinajstić information content (AvgIpc) is 3.32. The van der Waals surface area contributed by atoms with Crippen LogP contribution in [0.15, 0.2) is 30.3 Å². The molecule has 2 saturated carbocycles. The zero-order valence-corrected chi connectivity index (χ0v) is 18.8. The lowest BCUT2D eigenvalue weighted by atomic mass is 9.73. The molecule has 0 radical (unpaired) electrons. The van der Waals surface area contributed by atoms with E-state index >= 15 is 0 Å². The predicted octanol–water partition coefficient (Wildman–Crippen LogP) is 5.55. The first-order valence-corrected chi connectivity index (χ1v) is 12.5. The fourth-order valence-electron chi connectivity index (χ4n) is 7.04. The number of fused-ring (bicyclic) bond motifs is 4. The molecular formula is C27H40N2O. The first-order chi connectivity index (χ1) is 14.6. The van der Waals surface area contributed by atoms with E-state index < -0.39 is 0 Å². The molecule has 1 heterocycles. The van der Waals surface area contributed by atoms with E-state index in [1.807, 2.05) is 0 Å². The number of carbonyl (C=O) groups excluding carboxylic acids is 1. The van der Waals surface area contributed by atoms with Gasteiger partial charge in [0.1, 0.15) is 0 Å². The van der Waals surface area contributed by atoms with E-state index in [4.69, 9.17) is 0 Å². The van der Waals surface area contributed by atoms with Crippen molar-refractivity contribution < 1.29 is 6.22 Å². The third kappa shape index (κ3) is 3.43. The van der Waals surface area contributed by atoms with E-state index in [-0.39, 0.29) is 18.8 Å². The average molecular weight is 409 g/mol. The fourth-order valence-corrected chi connectivity index (χ4v) is 7.04. The van der Waals surface area contributed by atoms with Crippen LogP contribution < -0.4 is 5.32 Å². The van der Waals surface area contributed by atoms with Crippen molar-refractivity contribution in [3.63, 3.8) is 0 Å². The Hall–Kier alpha value is -1.61. The molecule has 0 aromatic heterocycles. The number of amides is 1. The number of nitrogens with zero attached hydrogens (tertiary/aromatic N) is 1. The van der Waals surface area contributed by atoms with Gasteiger partial charge in [0, 0.05) is 24.5 Å². The molecule has 1 amide bonds. The number of allylic oxidation sites excluding steroid dienone is 1. The van der Waals surface area contributed by atoms with Crippen LogP contribution in [0.1, 0.15) is 84.2 Å². The summed E-state index contributed by atoms with van der Waals surface area (Å²) in [6.07, 6.45) is 13.9. The number of carbonyl (C=O) groups is 1. The SMILES string of the molecule is CCC(CC)NC(=O)C1=CC2(CCN(C3CC[C@@H]4CC[C@@H]3C4)CC2)c2ccccc21.[HH]. The molecule has 1 aromatic carbocycles. The van der Waals surface area contributed by atoms with Gasteiger partial charge in [-0.3, -0.25) is 4.79 Å². The Kier molecular flexibility index (Phi) is 5.51. The van der Waals surface area contributed by atoms with Gasteiger partial charge in [0.2, 0.25) is 0 Å². The van der Waals surface area contributed by atoms with Crippen LogP contribution in [0.5, 0.6) is 0 Å². The van der Waals surface area contributed by atoms with Gasteiger partial charge in [0.25, 0.3) is 5.91 Å². The van der Waals surface area contributed by atoms with E-state index in [2.05, 4.69) is 54.4 Å². The molecule has 3 aliphatic carbocycles. The van der Waals surface area contributed by atoms with Gasteiger partial charge in [0.15, 0.2) is 0 Å². The molecule has 1 saturated heterocycles. The highest BCUT2D eigenvalue weighted by molar-refractivity contribution is 6.21. The van der Waals surface area contributed by atoms with Gasteiger partial charge < -0.3 is 10.2 Å². The van der Waals surface area contributed by atoms with Crippen molar-refractivity contribution in [2.24, 2.45) is 11.8 Å². The molecule has 2 bridgehead atoms. The zero-order valence-electron chi connectivity index (χ0n) is 18.8. The molecule has 30 heavy (non-hydrogen) atoms. The second-order valence-corrected chi connectivity index (χ2v) is 10.4. The number of benzene rings is 1. The van der Waals surface area contributed by atoms with Crippen LogP contribution in [0.2, 0.25) is 0 Å². The molecule has 3 fully saturated rings. The molecular weight excluding hydrogens is 368 g/mol. The summed E-state index contributed by atoms with van der Waals surface area (Å²) >= 11 is 0. The number of hydrogen-bond acceptors (Lipinski definition) is 2. The van der Waals surface area contributed by atoms with E-state index in [1.54, 1.807) is 0 Å². The van der Waals surface area contributed by atoms with Gasteiger partial charge in [-0.25, -0.2) is 0 Å². The van der Waals surface area contributed by atoms with Crippen LogP contribution >= 0.6 is 0 Å². The third-order valence-corrected chi connectivity index (χ3v) is 8.90. The number of nitrogens with one attached hydrogen (secondary N) is 1. The maximum atomic E-state index is 13.2. The van der Waals surface area contributed by atoms with Crippen LogP contribution in [-0.2, 0) is 10.2 Å². The van der Waals surface area contributed by atoms with E-state index in [0.717, 1.165) is 49.1 Å². The van der Waals surface area contributed by atoms with Crippen molar-refractivity contribution in [3.05, 3.63) is 41.5 Å². The Balaban J connectivity index is 0.00000231. The van der Waals surface area contributed by atoms with Crippen molar-refractivity contribution in [1.82, 2.24) is 10.2 Å². The minimum atomic E-state index is 0. The minimum absolute atomic E-state index is 0. The second-order valence-electron chi connectivity index (χ2n) is 10.4. The van der Waals surface area contributed by atoms with Crippen molar-refractivity contribution >= 4 is 11.5 Å². The predicted molar refractivity (Wildman–Crippen MR) is 125 cm³/mol. The lowest BCUT2D eigenvalue weighted by Gasteiger charge is -2.45. The highest BCUT2D eigenvalue weighted by Crippen LogP contribution is 2.49. The lowest BCUT2D eigenvalue weighted by Crippen LogP contribution is -2.49. The van der Waals surface area contributed by atoms with Gasteiger partial charge in [-0.2, -0.15) is 0 Å². The topological polar surface area (TPSA) is 32.3 Å². The van der Waals surface area contributed by atoms with E-state index in [9.17, 15) is 4.79 Å².